The molecule has 7 heavy (non-hydrogen) atoms. The van der Waals surface area contributed by atoms with Crippen LogP contribution in [-0.2, 0) is 0 Å². The first-order chi connectivity index (χ1) is 2.91. The number of allylic oxidation sites excluding steroid dienone is 1. The molecular formula is C4H11ClMgSi. The van der Waals surface area contributed by atoms with E-state index in [1.807, 2.05) is 6.08 Å². The summed E-state index contributed by atoms with van der Waals surface area (Å²) in [6, 6.07) is 0. The van der Waals surface area contributed by atoms with E-state index in [1.165, 1.54) is 18.9 Å². The molecule has 0 atom stereocenters. The molecule has 0 aliphatic rings. The normalized spacial score (nSPS) is 6.29. The van der Waals surface area contributed by atoms with Gasteiger partial charge in [-0.15, -0.1) is 31.4 Å². The SMILES string of the molecule is C=CC[CH2][Mg][SiH3].Cl. The van der Waals surface area contributed by atoms with E-state index in [4.69, 9.17) is 0 Å². The van der Waals surface area contributed by atoms with Crippen LogP contribution >= 0.6 is 12.4 Å². The first kappa shape index (κ1) is 10.9. The van der Waals surface area contributed by atoms with E-state index < -0.39 is 0 Å². The highest BCUT2D eigenvalue weighted by Crippen LogP contribution is 1.83. The third-order valence-corrected chi connectivity index (χ3v) is 4.00. The van der Waals surface area contributed by atoms with Crippen LogP contribution in [0.2, 0.25) is 4.55 Å². The summed E-state index contributed by atoms with van der Waals surface area (Å²) in [7, 11) is 1.49. The van der Waals surface area contributed by atoms with Crippen molar-refractivity contribution >= 4 is 39.9 Å². The van der Waals surface area contributed by atoms with Gasteiger partial charge in [0.1, 0.15) is 0 Å². The predicted octanol–water partition coefficient (Wildman–Crippen LogP) is 0.387. The highest BCUT2D eigenvalue weighted by Gasteiger charge is 1.78. The zero-order valence-corrected chi connectivity index (χ0v) is 9.04. The van der Waals surface area contributed by atoms with Crippen LogP contribution in [0.25, 0.3) is 0 Å². The molecule has 0 fully saturated rings. The summed E-state index contributed by atoms with van der Waals surface area (Å²) in [5, 5.41) is 0. The first-order valence-electron chi connectivity index (χ1n) is 2.52. The zero-order chi connectivity index (χ0) is 4.83. The van der Waals surface area contributed by atoms with Crippen molar-refractivity contribution in [2.75, 3.05) is 0 Å². The highest BCUT2D eigenvalue weighted by molar-refractivity contribution is 6.89. The largest absolute Gasteiger partial charge is 0.350 e. The average Bonchev–Trinajstić information content (AvgIpc) is 1.61. The molecule has 0 saturated heterocycles. The van der Waals surface area contributed by atoms with Crippen molar-refractivity contribution in [3.05, 3.63) is 12.7 Å². The summed E-state index contributed by atoms with van der Waals surface area (Å²) in [5.41, 5.74) is 0. The lowest BCUT2D eigenvalue weighted by Gasteiger charge is -1.78. The number of hydrogen-bond acceptors (Lipinski definition) is 0. The van der Waals surface area contributed by atoms with Crippen molar-refractivity contribution in [2.24, 2.45) is 0 Å². The average molecular weight is 147 g/mol. The Morgan fingerprint density at radius 2 is 2.29 bits per heavy atom. The Morgan fingerprint density at radius 1 is 1.71 bits per heavy atom. The molecule has 0 N–H and O–H groups in total. The topological polar surface area (TPSA) is 0 Å². The van der Waals surface area contributed by atoms with Crippen molar-refractivity contribution < 1.29 is 0 Å². The Balaban J connectivity index is 0. The number of hydrogen-bond donors (Lipinski definition) is 0. The van der Waals surface area contributed by atoms with Gasteiger partial charge in [0.15, 0.2) is 0 Å². The molecule has 0 rings (SSSR count). The van der Waals surface area contributed by atoms with Crippen LogP contribution in [0.5, 0.6) is 0 Å². The van der Waals surface area contributed by atoms with E-state index >= 15 is 0 Å². The van der Waals surface area contributed by atoms with Gasteiger partial charge in [-0.1, -0.05) is 12.5 Å². The van der Waals surface area contributed by atoms with Crippen LogP contribution in [0.4, 0.5) is 0 Å². The van der Waals surface area contributed by atoms with Crippen molar-refractivity contribution in [1.29, 1.82) is 0 Å². The van der Waals surface area contributed by atoms with Gasteiger partial charge in [0, 0.05) is 0 Å². The summed E-state index contributed by atoms with van der Waals surface area (Å²) in [6.45, 7) is 3.64. The number of halogens is 1. The molecule has 0 spiro atoms. The summed E-state index contributed by atoms with van der Waals surface area (Å²) >= 11 is 0.471. The number of rotatable bonds is 3. The summed E-state index contributed by atoms with van der Waals surface area (Å²) in [5.74, 6) is 0. The fraction of sp³-hybridized carbons (Fsp3) is 0.500. The second-order valence-electron chi connectivity index (χ2n) is 1.43. The molecule has 0 aromatic carbocycles. The van der Waals surface area contributed by atoms with Gasteiger partial charge in [0.25, 0.3) is 0 Å². The van der Waals surface area contributed by atoms with Crippen LogP contribution in [0.1, 0.15) is 6.42 Å². The maximum atomic E-state index is 3.64. The molecule has 0 bridgehead atoms. The Hall–Kier alpha value is 1.01. The molecule has 0 aromatic heterocycles. The van der Waals surface area contributed by atoms with Gasteiger partial charge in [-0.25, -0.2) is 0 Å². The van der Waals surface area contributed by atoms with Crippen molar-refractivity contribution in [1.82, 2.24) is 0 Å². The standard InChI is InChI=1S/C4H7.ClH.Mg.H3Si/c1-3-4-2;;;/h3H,1-2,4H2;1H;;1H3. The molecule has 0 aliphatic carbocycles. The quantitative estimate of drug-likeness (QED) is 0.307. The highest BCUT2D eigenvalue weighted by atomic mass is 35.5. The fourth-order valence-corrected chi connectivity index (χ4v) is 2.27. The fourth-order valence-electron chi connectivity index (χ4n) is 0.348. The molecule has 0 amide bonds. The smallest absolute Gasteiger partial charge is 0.147 e. The van der Waals surface area contributed by atoms with Crippen LogP contribution in [0.3, 0.4) is 0 Å². The third kappa shape index (κ3) is 10.9. The summed E-state index contributed by atoms with van der Waals surface area (Å²) in [6.07, 6.45) is 3.29. The van der Waals surface area contributed by atoms with Gasteiger partial charge in [-0.2, -0.15) is 0 Å². The van der Waals surface area contributed by atoms with Gasteiger partial charge >= 0.3 is 19.6 Å². The lowest BCUT2D eigenvalue weighted by molar-refractivity contribution is 1.22. The molecular weight excluding hydrogens is 136 g/mol. The van der Waals surface area contributed by atoms with Gasteiger partial charge < -0.3 is 0 Å². The molecule has 0 aliphatic heterocycles. The molecule has 0 saturated carbocycles. The van der Waals surface area contributed by atoms with Gasteiger partial charge in [-0.05, 0) is 0 Å². The van der Waals surface area contributed by atoms with E-state index in [2.05, 4.69) is 6.58 Å². The Kier molecular flexibility index (Phi) is 15.7. The van der Waals surface area contributed by atoms with E-state index in [1.54, 1.807) is 0 Å². The van der Waals surface area contributed by atoms with E-state index in [0.717, 1.165) is 0 Å². The van der Waals surface area contributed by atoms with Crippen molar-refractivity contribution in [3.8, 4) is 0 Å². The second kappa shape index (κ2) is 10.1. The molecule has 0 heterocycles. The van der Waals surface area contributed by atoms with Crippen LogP contribution in [-0.4, -0.2) is 27.5 Å². The zero-order valence-electron chi connectivity index (χ0n) is 4.81. The minimum absolute atomic E-state index is 0. The maximum absolute atomic E-state index is 3.64. The first-order valence-corrected chi connectivity index (χ1v) is 9.18. The Morgan fingerprint density at radius 3 is 2.43 bits per heavy atom. The lowest BCUT2D eigenvalue weighted by atomic mass is 10.5. The van der Waals surface area contributed by atoms with Crippen molar-refractivity contribution in [3.63, 3.8) is 0 Å². The molecule has 3 heteroatoms. The molecule has 0 radical (unpaired) electrons. The molecule has 0 nitrogen and oxygen atoms in total. The van der Waals surface area contributed by atoms with Gasteiger partial charge in [0.05, 0.1) is 0 Å². The lowest BCUT2D eigenvalue weighted by Crippen LogP contribution is -1.83. The van der Waals surface area contributed by atoms with E-state index in [9.17, 15) is 0 Å². The third-order valence-electron chi connectivity index (χ3n) is 0.762. The Bertz CT molecular complexity index is 40.7. The van der Waals surface area contributed by atoms with Crippen LogP contribution < -0.4 is 0 Å². The molecule has 40 valence electrons. The Labute approximate surface area is 63.4 Å². The van der Waals surface area contributed by atoms with Crippen LogP contribution in [0, 0.1) is 0 Å². The monoisotopic (exact) mass is 146 g/mol. The van der Waals surface area contributed by atoms with Crippen molar-refractivity contribution in [2.45, 2.75) is 11.0 Å². The minimum atomic E-state index is 0. The summed E-state index contributed by atoms with van der Waals surface area (Å²) < 4.78 is 1.50. The second-order valence-corrected chi connectivity index (χ2v) is 6.14. The predicted molar refractivity (Wildman–Crippen MR) is 42.6 cm³/mol. The minimum Gasteiger partial charge on any atom is -0.147 e. The van der Waals surface area contributed by atoms with E-state index in [-0.39, 0.29) is 12.4 Å². The summed E-state index contributed by atoms with van der Waals surface area (Å²) in [4.78, 5) is 0. The molecule has 0 unspecified atom stereocenters. The van der Waals surface area contributed by atoms with Gasteiger partial charge in [0.2, 0.25) is 0 Å². The van der Waals surface area contributed by atoms with Crippen LogP contribution in [0.15, 0.2) is 12.7 Å². The van der Waals surface area contributed by atoms with E-state index in [0.29, 0.717) is 19.6 Å². The molecule has 0 aromatic rings. The maximum Gasteiger partial charge on any atom is 0.350 e. The van der Waals surface area contributed by atoms with Gasteiger partial charge in [-0.3, -0.25) is 0 Å².